The van der Waals surface area contributed by atoms with Gasteiger partial charge in [0.25, 0.3) is 0 Å². The van der Waals surface area contributed by atoms with Gasteiger partial charge in [-0.3, -0.25) is 4.99 Å². The lowest BCUT2D eigenvalue weighted by atomic mass is 10.2. The highest BCUT2D eigenvalue weighted by Gasteiger charge is 2.35. The Morgan fingerprint density at radius 3 is 2.83 bits per heavy atom. The molecular weight excluding hydrogens is 336 g/mol. The summed E-state index contributed by atoms with van der Waals surface area (Å²) < 4.78 is 26.9. The molecule has 4 rings (SSSR count). The molecule has 1 atom stereocenters. The molecule has 2 aromatic rings. The Morgan fingerprint density at radius 2 is 2.22 bits per heavy atom. The van der Waals surface area contributed by atoms with Crippen LogP contribution in [0.15, 0.2) is 28.1 Å². The van der Waals surface area contributed by atoms with E-state index in [9.17, 15) is 8.42 Å². The quantitative estimate of drug-likeness (QED) is 0.813. The minimum atomic E-state index is -3.37. The second kappa shape index (κ2) is 5.22. The molecule has 8 heteroatoms. The van der Waals surface area contributed by atoms with Crippen LogP contribution in [-0.2, 0) is 16.4 Å². The van der Waals surface area contributed by atoms with E-state index in [4.69, 9.17) is 11.6 Å². The molecule has 23 heavy (non-hydrogen) atoms. The Morgan fingerprint density at radius 1 is 1.43 bits per heavy atom. The third-order valence-corrected chi connectivity index (χ3v) is 5.58. The monoisotopic (exact) mass is 352 g/mol. The number of nitrogens with one attached hydrogen (secondary N) is 2. The highest BCUT2D eigenvalue weighted by atomic mass is 35.5. The van der Waals surface area contributed by atoms with Gasteiger partial charge in [0.15, 0.2) is 9.84 Å². The summed E-state index contributed by atoms with van der Waals surface area (Å²) in [6.45, 7) is 2.92. The van der Waals surface area contributed by atoms with Gasteiger partial charge in [-0.25, -0.2) is 8.42 Å². The van der Waals surface area contributed by atoms with Crippen molar-refractivity contribution in [3.63, 3.8) is 0 Å². The van der Waals surface area contributed by atoms with Gasteiger partial charge in [-0.2, -0.15) is 0 Å². The van der Waals surface area contributed by atoms with Crippen molar-refractivity contribution in [2.75, 3.05) is 25.9 Å². The Hall–Kier alpha value is -1.57. The lowest BCUT2D eigenvalue weighted by molar-refractivity contribution is 0.600. The molecule has 6 nitrogen and oxygen atoms in total. The Labute approximate surface area is 139 Å². The van der Waals surface area contributed by atoms with E-state index in [0.717, 1.165) is 36.7 Å². The molecule has 1 saturated heterocycles. The number of amidine groups is 1. The first kappa shape index (κ1) is 15.0. The highest BCUT2D eigenvalue weighted by Crippen LogP contribution is 2.38. The van der Waals surface area contributed by atoms with E-state index in [1.807, 2.05) is 10.6 Å². The van der Waals surface area contributed by atoms with E-state index in [2.05, 4.69) is 15.6 Å². The molecule has 0 aliphatic carbocycles. The molecule has 2 aliphatic heterocycles. The lowest BCUT2D eigenvalue weighted by Crippen LogP contribution is -2.24. The largest absolute Gasteiger partial charge is 0.370 e. The maximum absolute atomic E-state index is 12.4. The van der Waals surface area contributed by atoms with Crippen LogP contribution in [-0.4, -0.2) is 44.7 Å². The first-order chi connectivity index (χ1) is 10.9. The number of hydrogen-bond acceptors (Lipinski definition) is 5. The van der Waals surface area contributed by atoms with Gasteiger partial charge in [-0.1, -0.05) is 11.6 Å². The summed E-state index contributed by atoms with van der Waals surface area (Å²) in [5, 5.41) is 7.69. The van der Waals surface area contributed by atoms with Crippen molar-refractivity contribution in [2.24, 2.45) is 4.99 Å². The fourth-order valence-corrected chi connectivity index (χ4v) is 4.54. The van der Waals surface area contributed by atoms with Crippen LogP contribution < -0.4 is 10.6 Å². The standard InChI is InChI=1S/C15H17ClN4O2S/c1-23(21,22)15-10-6-9(16)2-3-12(10)20(14(15)11-7-19-11)8-13-17-4-5-18-13/h2-3,6,11,19H,4-5,7-8H2,1H3,(H,17,18). The van der Waals surface area contributed by atoms with Crippen molar-refractivity contribution >= 4 is 38.2 Å². The number of fused-ring (bicyclic) bond motifs is 1. The van der Waals surface area contributed by atoms with E-state index < -0.39 is 9.84 Å². The molecule has 122 valence electrons. The van der Waals surface area contributed by atoms with Gasteiger partial charge in [0, 0.05) is 29.8 Å². The van der Waals surface area contributed by atoms with Gasteiger partial charge in [0.05, 0.1) is 35.2 Å². The molecule has 2 aliphatic rings. The van der Waals surface area contributed by atoms with Gasteiger partial charge in [-0.05, 0) is 18.2 Å². The number of rotatable bonds is 4. The third kappa shape index (κ3) is 2.62. The second-order valence-electron chi connectivity index (χ2n) is 5.95. The fraction of sp³-hybridized carbons (Fsp3) is 0.400. The number of sulfone groups is 1. The van der Waals surface area contributed by atoms with Crippen LogP contribution in [0, 0.1) is 0 Å². The molecule has 2 N–H and O–H groups in total. The van der Waals surface area contributed by atoms with E-state index in [1.165, 1.54) is 6.26 Å². The Kier molecular flexibility index (Phi) is 3.40. The van der Waals surface area contributed by atoms with Gasteiger partial charge in [0.1, 0.15) is 5.84 Å². The second-order valence-corrected chi connectivity index (χ2v) is 8.34. The number of benzene rings is 1. The number of nitrogens with zero attached hydrogens (tertiary/aromatic N) is 2. The van der Waals surface area contributed by atoms with Gasteiger partial charge in [-0.15, -0.1) is 0 Å². The van der Waals surface area contributed by atoms with Crippen LogP contribution in [0.2, 0.25) is 5.02 Å². The average molecular weight is 353 g/mol. The summed E-state index contributed by atoms with van der Waals surface area (Å²) in [6, 6.07) is 5.47. The van der Waals surface area contributed by atoms with E-state index in [0.29, 0.717) is 21.8 Å². The lowest BCUT2D eigenvalue weighted by Gasteiger charge is -2.11. The zero-order chi connectivity index (χ0) is 16.2. The Balaban J connectivity index is 2.01. The van der Waals surface area contributed by atoms with Gasteiger partial charge in [0.2, 0.25) is 0 Å². The SMILES string of the molecule is CS(=O)(=O)c1c(C2CN2)n(CC2=NCCN2)c2ccc(Cl)cc12. The zero-order valence-electron chi connectivity index (χ0n) is 12.6. The molecule has 0 bridgehead atoms. The molecule has 1 aromatic heterocycles. The summed E-state index contributed by atoms with van der Waals surface area (Å²) in [5.74, 6) is 0.888. The predicted molar refractivity (Wildman–Crippen MR) is 91.1 cm³/mol. The molecule has 3 heterocycles. The normalized spacial score (nSPS) is 20.6. The first-order valence-corrected chi connectivity index (χ1v) is 9.74. The molecule has 0 saturated carbocycles. The van der Waals surface area contributed by atoms with E-state index in [-0.39, 0.29) is 6.04 Å². The van der Waals surface area contributed by atoms with E-state index >= 15 is 0 Å². The smallest absolute Gasteiger partial charge is 0.177 e. The molecule has 1 aromatic carbocycles. The fourth-order valence-electron chi connectivity index (χ4n) is 3.18. The average Bonchev–Trinajstić information content (AvgIpc) is 3.08. The zero-order valence-corrected chi connectivity index (χ0v) is 14.2. The molecule has 0 spiro atoms. The maximum atomic E-state index is 12.4. The first-order valence-electron chi connectivity index (χ1n) is 7.47. The summed E-state index contributed by atoms with van der Waals surface area (Å²) in [6.07, 6.45) is 1.25. The van der Waals surface area contributed by atoms with Crippen molar-refractivity contribution in [1.29, 1.82) is 0 Å². The number of aromatic nitrogens is 1. The molecule has 0 amide bonds. The maximum Gasteiger partial charge on any atom is 0.177 e. The Bertz CT molecular complexity index is 929. The molecule has 1 fully saturated rings. The highest BCUT2D eigenvalue weighted by molar-refractivity contribution is 7.91. The van der Waals surface area contributed by atoms with Crippen LogP contribution >= 0.6 is 11.6 Å². The summed E-state index contributed by atoms with van der Waals surface area (Å²) in [5.41, 5.74) is 1.68. The van der Waals surface area contributed by atoms with Crippen molar-refractivity contribution in [2.45, 2.75) is 17.5 Å². The van der Waals surface area contributed by atoms with E-state index in [1.54, 1.807) is 12.1 Å². The molecule has 1 unspecified atom stereocenters. The van der Waals surface area contributed by atoms with Crippen LogP contribution in [0.1, 0.15) is 11.7 Å². The third-order valence-electron chi connectivity index (χ3n) is 4.18. The van der Waals surface area contributed by atoms with Crippen molar-refractivity contribution in [3.05, 3.63) is 28.9 Å². The number of aliphatic imine (C=N–C) groups is 1. The summed E-state index contributed by atoms with van der Waals surface area (Å²) in [4.78, 5) is 4.81. The summed E-state index contributed by atoms with van der Waals surface area (Å²) >= 11 is 6.11. The minimum absolute atomic E-state index is 0.0629. The number of hydrogen-bond donors (Lipinski definition) is 2. The van der Waals surface area contributed by atoms with Crippen LogP contribution in [0.5, 0.6) is 0 Å². The van der Waals surface area contributed by atoms with Gasteiger partial charge < -0.3 is 15.2 Å². The van der Waals surface area contributed by atoms with Crippen molar-refractivity contribution < 1.29 is 8.42 Å². The topological polar surface area (TPSA) is 85.4 Å². The van der Waals surface area contributed by atoms with Gasteiger partial charge >= 0.3 is 0 Å². The molecule has 0 radical (unpaired) electrons. The molecular formula is C15H17ClN4O2S. The van der Waals surface area contributed by atoms with Crippen LogP contribution in [0.25, 0.3) is 10.9 Å². The number of halogens is 1. The van der Waals surface area contributed by atoms with Crippen LogP contribution in [0.4, 0.5) is 0 Å². The van der Waals surface area contributed by atoms with Crippen molar-refractivity contribution in [3.8, 4) is 0 Å². The van der Waals surface area contributed by atoms with Crippen molar-refractivity contribution in [1.82, 2.24) is 15.2 Å². The summed E-state index contributed by atoms with van der Waals surface area (Å²) in [7, 11) is -3.37. The minimum Gasteiger partial charge on any atom is -0.370 e. The predicted octanol–water partition coefficient (Wildman–Crippen LogP) is 1.34. The van der Waals surface area contributed by atoms with Crippen LogP contribution in [0.3, 0.4) is 0 Å².